The molecular formula is C43H25N3S. The fourth-order valence-corrected chi connectivity index (χ4v) is 8.74. The van der Waals surface area contributed by atoms with Crippen LogP contribution >= 0.6 is 11.3 Å². The van der Waals surface area contributed by atoms with Gasteiger partial charge in [0.1, 0.15) is 6.07 Å². The van der Waals surface area contributed by atoms with Gasteiger partial charge in [-0.3, -0.25) is 0 Å². The molecule has 47 heavy (non-hydrogen) atoms. The molecule has 7 aromatic carbocycles. The van der Waals surface area contributed by atoms with Gasteiger partial charge in [0.2, 0.25) is 0 Å². The summed E-state index contributed by atoms with van der Waals surface area (Å²) in [5.41, 5.74) is 10.1. The Bertz CT molecular complexity index is 2880. The molecule has 0 fully saturated rings. The van der Waals surface area contributed by atoms with Crippen molar-refractivity contribution in [2.24, 2.45) is 0 Å². The summed E-state index contributed by atoms with van der Waals surface area (Å²) < 4.78 is 7.02. The van der Waals surface area contributed by atoms with Gasteiger partial charge in [-0.2, -0.15) is 5.26 Å². The van der Waals surface area contributed by atoms with Crippen LogP contribution in [0.15, 0.2) is 152 Å². The molecule has 3 aromatic heterocycles. The molecule has 0 saturated carbocycles. The van der Waals surface area contributed by atoms with Gasteiger partial charge in [-0.05, 0) is 71.8 Å². The van der Waals surface area contributed by atoms with Crippen molar-refractivity contribution in [2.75, 3.05) is 0 Å². The largest absolute Gasteiger partial charge is 0.309 e. The van der Waals surface area contributed by atoms with Gasteiger partial charge in [-0.1, -0.05) is 91.0 Å². The van der Waals surface area contributed by atoms with Gasteiger partial charge in [0.25, 0.3) is 0 Å². The van der Waals surface area contributed by atoms with Crippen molar-refractivity contribution in [3.8, 4) is 28.6 Å². The predicted molar refractivity (Wildman–Crippen MR) is 198 cm³/mol. The van der Waals surface area contributed by atoms with Gasteiger partial charge in [-0.25, -0.2) is 0 Å². The molecule has 0 spiro atoms. The first-order chi connectivity index (χ1) is 23.3. The Morgan fingerprint density at radius 1 is 0.447 bits per heavy atom. The number of aromatic nitrogens is 2. The van der Waals surface area contributed by atoms with Gasteiger partial charge in [-0.15, -0.1) is 11.3 Å². The Kier molecular flexibility index (Phi) is 5.51. The maximum atomic E-state index is 9.83. The number of para-hydroxylation sites is 3. The van der Waals surface area contributed by atoms with Crippen molar-refractivity contribution < 1.29 is 0 Å². The molecule has 0 saturated heterocycles. The van der Waals surface area contributed by atoms with Gasteiger partial charge in [0, 0.05) is 48.4 Å². The maximum absolute atomic E-state index is 9.83. The predicted octanol–water partition coefficient (Wildman–Crippen LogP) is 11.8. The van der Waals surface area contributed by atoms with Crippen molar-refractivity contribution in [2.45, 2.75) is 0 Å². The highest BCUT2D eigenvalue weighted by atomic mass is 32.1. The van der Waals surface area contributed by atoms with E-state index in [0.717, 1.165) is 38.1 Å². The van der Waals surface area contributed by atoms with E-state index in [1.807, 2.05) is 12.1 Å². The lowest BCUT2D eigenvalue weighted by Gasteiger charge is -2.12. The lowest BCUT2D eigenvalue weighted by Crippen LogP contribution is -1.96. The molecule has 3 nitrogen and oxygen atoms in total. The third kappa shape index (κ3) is 3.72. The van der Waals surface area contributed by atoms with E-state index in [4.69, 9.17) is 0 Å². The molecular weight excluding hydrogens is 591 g/mol. The topological polar surface area (TPSA) is 33.6 Å². The highest BCUT2D eigenvalue weighted by Gasteiger charge is 2.19. The minimum atomic E-state index is 0.733. The summed E-state index contributed by atoms with van der Waals surface area (Å²) in [5, 5.41) is 17.2. The van der Waals surface area contributed by atoms with Crippen LogP contribution in [0, 0.1) is 11.3 Å². The molecule has 0 aliphatic heterocycles. The van der Waals surface area contributed by atoms with Crippen LogP contribution in [0.2, 0.25) is 0 Å². The molecule has 0 aliphatic rings. The van der Waals surface area contributed by atoms with E-state index >= 15 is 0 Å². The van der Waals surface area contributed by atoms with E-state index in [9.17, 15) is 5.26 Å². The first kappa shape index (κ1) is 26.1. The van der Waals surface area contributed by atoms with Crippen molar-refractivity contribution in [1.82, 2.24) is 9.13 Å². The number of nitriles is 1. The monoisotopic (exact) mass is 615 g/mol. The number of rotatable bonds is 3. The average molecular weight is 616 g/mol. The Balaban J connectivity index is 1.18. The average Bonchev–Trinajstić information content (AvgIpc) is 3.79. The molecule has 0 aliphatic carbocycles. The summed E-state index contributed by atoms with van der Waals surface area (Å²) in [6, 6.07) is 56.7. The zero-order valence-electron chi connectivity index (χ0n) is 25.2. The first-order valence-electron chi connectivity index (χ1n) is 15.8. The number of thiophene rings is 1. The van der Waals surface area contributed by atoms with Gasteiger partial charge in [0.15, 0.2) is 0 Å². The fraction of sp³-hybridized carbons (Fsp3) is 0. The van der Waals surface area contributed by atoms with Crippen LogP contribution in [0.3, 0.4) is 0 Å². The SMILES string of the molecule is N#Cc1cccc2c1sc1ccc3c(c4ccccc4n3-c3cccc(-c4cccc(-n5c6ccccc6c6ccccc65)c4)c3)c12. The number of nitrogens with zero attached hydrogens (tertiary/aromatic N) is 3. The molecule has 4 heteroatoms. The second-order valence-electron chi connectivity index (χ2n) is 12.1. The summed E-state index contributed by atoms with van der Waals surface area (Å²) >= 11 is 1.71. The van der Waals surface area contributed by atoms with Gasteiger partial charge < -0.3 is 9.13 Å². The second-order valence-corrected chi connectivity index (χ2v) is 13.1. The number of hydrogen-bond donors (Lipinski definition) is 0. The molecule has 0 amide bonds. The number of fused-ring (bicyclic) bond motifs is 10. The number of benzene rings is 7. The van der Waals surface area contributed by atoms with Gasteiger partial charge >= 0.3 is 0 Å². The van der Waals surface area contributed by atoms with Gasteiger partial charge in [0.05, 0.1) is 32.3 Å². The van der Waals surface area contributed by atoms with E-state index in [0.29, 0.717) is 0 Å². The molecule has 0 radical (unpaired) electrons. The van der Waals surface area contributed by atoms with E-state index in [1.165, 1.54) is 53.7 Å². The summed E-state index contributed by atoms with van der Waals surface area (Å²) in [4.78, 5) is 0. The first-order valence-corrected chi connectivity index (χ1v) is 16.6. The summed E-state index contributed by atoms with van der Waals surface area (Å²) in [7, 11) is 0. The van der Waals surface area contributed by atoms with Crippen molar-refractivity contribution in [3.05, 3.63) is 157 Å². The lowest BCUT2D eigenvalue weighted by atomic mass is 10.0. The zero-order valence-corrected chi connectivity index (χ0v) is 26.0. The minimum absolute atomic E-state index is 0.733. The highest BCUT2D eigenvalue weighted by molar-refractivity contribution is 7.26. The molecule has 3 heterocycles. The molecule has 0 N–H and O–H groups in total. The Hall–Kier alpha value is -6.15. The van der Waals surface area contributed by atoms with E-state index < -0.39 is 0 Å². The lowest BCUT2D eigenvalue weighted by molar-refractivity contribution is 1.17. The zero-order chi connectivity index (χ0) is 31.1. The Morgan fingerprint density at radius 3 is 1.62 bits per heavy atom. The van der Waals surface area contributed by atoms with Crippen molar-refractivity contribution >= 4 is 75.1 Å². The molecule has 0 bridgehead atoms. The summed E-state index contributed by atoms with van der Waals surface area (Å²) in [6.07, 6.45) is 0. The third-order valence-electron chi connectivity index (χ3n) is 9.54. The standard InChI is InChI=1S/C43H25N3S/c44-26-29-12-9-18-35-42-40(47-43(29)35)23-22-39-41(42)34-17-3-6-21-38(34)46(39)31-14-8-11-28(25-31)27-10-7-13-30(24-27)45-36-19-4-1-15-32(36)33-16-2-5-20-37(33)45/h1-25H. The molecule has 0 atom stereocenters. The van der Waals surface area contributed by atoms with Crippen molar-refractivity contribution in [3.63, 3.8) is 0 Å². The smallest absolute Gasteiger partial charge is 0.101 e. The van der Waals surface area contributed by atoms with Crippen LogP contribution < -0.4 is 0 Å². The second kappa shape index (κ2) is 9.92. The highest BCUT2D eigenvalue weighted by Crippen LogP contribution is 2.44. The fourth-order valence-electron chi connectivity index (χ4n) is 7.56. The number of hydrogen-bond acceptors (Lipinski definition) is 2. The van der Waals surface area contributed by atoms with Crippen LogP contribution in [-0.2, 0) is 0 Å². The quantitative estimate of drug-likeness (QED) is 0.195. The Morgan fingerprint density at radius 2 is 0.979 bits per heavy atom. The summed E-state index contributed by atoms with van der Waals surface area (Å²) in [5.74, 6) is 0. The van der Waals surface area contributed by atoms with E-state index in [2.05, 4.69) is 155 Å². The molecule has 10 rings (SSSR count). The normalized spacial score (nSPS) is 11.8. The molecule has 0 unspecified atom stereocenters. The van der Waals surface area contributed by atoms with Crippen LogP contribution in [-0.4, -0.2) is 9.13 Å². The van der Waals surface area contributed by atoms with Crippen LogP contribution in [0.25, 0.3) is 86.3 Å². The third-order valence-corrected chi connectivity index (χ3v) is 10.7. The summed E-state index contributed by atoms with van der Waals surface area (Å²) in [6.45, 7) is 0. The van der Waals surface area contributed by atoms with Crippen LogP contribution in [0.5, 0.6) is 0 Å². The molecule has 218 valence electrons. The van der Waals surface area contributed by atoms with Crippen LogP contribution in [0.4, 0.5) is 0 Å². The molecule has 10 aromatic rings. The van der Waals surface area contributed by atoms with Crippen LogP contribution in [0.1, 0.15) is 5.56 Å². The van der Waals surface area contributed by atoms with E-state index in [1.54, 1.807) is 11.3 Å². The van der Waals surface area contributed by atoms with Crippen molar-refractivity contribution in [1.29, 1.82) is 5.26 Å². The minimum Gasteiger partial charge on any atom is -0.309 e. The Labute approximate surface area is 274 Å². The van der Waals surface area contributed by atoms with E-state index in [-0.39, 0.29) is 0 Å². The maximum Gasteiger partial charge on any atom is 0.101 e.